The van der Waals surface area contributed by atoms with Gasteiger partial charge in [0.15, 0.2) is 0 Å². The first-order valence-corrected chi connectivity index (χ1v) is 6.55. The molecule has 0 radical (unpaired) electrons. The van der Waals surface area contributed by atoms with Crippen molar-refractivity contribution >= 4 is 5.71 Å². The summed E-state index contributed by atoms with van der Waals surface area (Å²) in [5.41, 5.74) is 3.83. The van der Waals surface area contributed by atoms with E-state index in [2.05, 4.69) is 11.2 Å². The molecular formula is C17H16N2O2. The maximum absolute atomic E-state index is 8.93. The third-order valence-corrected chi connectivity index (χ3v) is 3.13. The molecule has 0 spiro atoms. The molecule has 0 atom stereocenters. The zero-order valence-electron chi connectivity index (χ0n) is 12.0. The molecule has 4 nitrogen and oxygen atoms in total. The topological polar surface area (TPSA) is 65.6 Å². The summed E-state index contributed by atoms with van der Waals surface area (Å²) in [6.07, 6.45) is 0. The first-order chi connectivity index (χ1) is 10.1. The average molecular weight is 280 g/mol. The van der Waals surface area contributed by atoms with Gasteiger partial charge >= 0.3 is 0 Å². The monoisotopic (exact) mass is 280 g/mol. The van der Waals surface area contributed by atoms with E-state index in [4.69, 9.17) is 15.2 Å². The zero-order chi connectivity index (χ0) is 15.2. The van der Waals surface area contributed by atoms with Crippen LogP contribution in [-0.2, 0) is 6.61 Å². The van der Waals surface area contributed by atoms with Gasteiger partial charge in [0, 0.05) is 5.56 Å². The van der Waals surface area contributed by atoms with Gasteiger partial charge in [-0.2, -0.15) is 5.26 Å². The van der Waals surface area contributed by atoms with E-state index < -0.39 is 0 Å². The fraction of sp³-hybridized carbons (Fsp3) is 0.176. The molecule has 2 aromatic rings. The van der Waals surface area contributed by atoms with Crippen LogP contribution in [0.5, 0.6) is 5.75 Å². The second kappa shape index (κ2) is 6.58. The third kappa shape index (κ3) is 3.61. The normalized spacial score (nSPS) is 11.0. The Morgan fingerprint density at radius 2 is 2.10 bits per heavy atom. The van der Waals surface area contributed by atoms with E-state index in [0.717, 1.165) is 16.7 Å². The summed E-state index contributed by atoms with van der Waals surface area (Å²) < 4.78 is 5.83. The lowest BCUT2D eigenvalue weighted by molar-refractivity contribution is 0.303. The van der Waals surface area contributed by atoms with Crippen molar-refractivity contribution in [2.75, 3.05) is 0 Å². The van der Waals surface area contributed by atoms with Gasteiger partial charge in [0.25, 0.3) is 0 Å². The largest absolute Gasteiger partial charge is 0.488 e. The van der Waals surface area contributed by atoms with Crippen molar-refractivity contribution in [3.05, 3.63) is 64.7 Å². The molecule has 0 saturated carbocycles. The Morgan fingerprint density at radius 1 is 1.29 bits per heavy atom. The minimum absolute atomic E-state index is 0.352. The number of aryl methyl sites for hydroxylation is 1. The van der Waals surface area contributed by atoms with Crippen LogP contribution in [0.25, 0.3) is 0 Å². The summed E-state index contributed by atoms with van der Waals surface area (Å²) in [4.78, 5) is 0. The van der Waals surface area contributed by atoms with E-state index in [9.17, 15) is 0 Å². The number of ether oxygens (including phenoxy) is 1. The summed E-state index contributed by atoms with van der Waals surface area (Å²) in [5, 5.41) is 21.1. The first kappa shape index (κ1) is 14.6. The Balaban J connectivity index is 2.23. The highest BCUT2D eigenvalue weighted by atomic mass is 16.5. The summed E-state index contributed by atoms with van der Waals surface area (Å²) >= 11 is 0. The lowest BCUT2D eigenvalue weighted by Gasteiger charge is -2.12. The molecule has 1 N–H and O–H groups in total. The van der Waals surface area contributed by atoms with Gasteiger partial charge in [-0.1, -0.05) is 23.4 Å². The second-order valence-electron chi connectivity index (χ2n) is 4.79. The number of oxime groups is 1. The van der Waals surface area contributed by atoms with Crippen LogP contribution in [0.15, 0.2) is 47.6 Å². The van der Waals surface area contributed by atoms with Crippen LogP contribution in [0.1, 0.15) is 29.2 Å². The molecule has 2 rings (SSSR count). The highest BCUT2D eigenvalue weighted by Crippen LogP contribution is 2.22. The molecule has 2 aromatic carbocycles. The van der Waals surface area contributed by atoms with Gasteiger partial charge in [0.05, 0.1) is 17.3 Å². The fourth-order valence-electron chi connectivity index (χ4n) is 1.99. The average Bonchev–Trinajstić information content (AvgIpc) is 2.52. The minimum Gasteiger partial charge on any atom is -0.488 e. The Hall–Kier alpha value is -2.80. The van der Waals surface area contributed by atoms with E-state index >= 15 is 0 Å². The molecule has 0 fully saturated rings. The van der Waals surface area contributed by atoms with Gasteiger partial charge in [0.1, 0.15) is 12.4 Å². The van der Waals surface area contributed by atoms with E-state index in [0.29, 0.717) is 23.6 Å². The van der Waals surface area contributed by atoms with Crippen molar-refractivity contribution in [1.82, 2.24) is 0 Å². The number of hydrogen-bond acceptors (Lipinski definition) is 4. The van der Waals surface area contributed by atoms with Gasteiger partial charge in [-0.05, 0) is 49.2 Å². The summed E-state index contributed by atoms with van der Waals surface area (Å²) in [6.45, 7) is 4.04. The quantitative estimate of drug-likeness (QED) is 0.528. The molecule has 4 heteroatoms. The molecule has 106 valence electrons. The highest BCUT2D eigenvalue weighted by molar-refractivity contribution is 6.00. The van der Waals surface area contributed by atoms with Gasteiger partial charge in [-0.3, -0.25) is 0 Å². The van der Waals surface area contributed by atoms with Crippen molar-refractivity contribution < 1.29 is 9.94 Å². The molecule has 21 heavy (non-hydrogen) atoms. The second-order valence-corrected chi connectivity index (χ2v) is 4.79. The lowest BCUT2D eigenvalue weighted by Crippen LogP contribution is -2.03. The summed E-state index contributed by atoms with van der Waals surface area (Å²) in [5.74, 6) is 0.660. The van der Waals surface area contributed by atoms with Crippen molar-refractivity contribution in [1.29, 1.82) is 5.26 Å². The minimum atomic E-state index is 0.352. The van der Waals surface area contributed by atoms with Crippen molar-refractivity contribution in [2.24, 2.45) is 5.16 Å². The lowest BCUT2D eigenvalue weighted by atomic mass is 10.1. The predicted molar refractivity (Wildman–Crippen MR) is 80.7 cm³/mol. The van der Waals surface area contributed by atoms with Gasteiger partial charge in [0.2, 0.25) is 0 Å². The maximum atomic E-state index is 8.93. The molecule has 0 unspecified atom stereocenters. The third-order valence-electron chi connectivity index (χ3n) is 3.13. The smallest absolute Gasteiger partial charge is 0.129 e. The number of nitrogens with zero attached hydrogens (tertiary/aromatic N) is 2. The SMILES string of the molecule is CC(=NO)c1ccc(C)cc1OCc1cccc(C#N)c1. The molecule has 0 amide bonds. The highest BCUT2D eigenvalue weighted by Gasteiger charge is 2.08. The van der Waals surface area contributed by atoms with Crippen molar-refractivity contribution in [3.8, 4) is 11.8 Å². The molecule has 0 aliphatic heterocycles. The van der Waals surface area contributed by atoms with Crippen LogP contribution in [0.4, 0.5) is 0 Å². The van der Waals surface area contributed by atoms with Crippen LogP contribution in [0.2, 0.25) is 0 Å². The van der Waals surface area contributed by atoms with E-state index in [1.165, 1.54) is 0 Å². The molecule has 0 aliphatic rings. The van der Waals surface area contributed by atoms with Gasteiger partial charge < -0.3 is 9.94 Å². The van der Waals surface area contributed by atoms with Crippen LogP contribution in [-0.4, -0.2) is 10.9 Å². The Kier molecular flexibility index (Phi) is 4.57. The van der Waals surface area contributed by atoms with E-state index in [-0.39, 0.29) is 0 Å². The predicted octanol–water partition coefficient (Wildman–Crippen LogP) is 3.64. The van der Waals surface area contributed by atoms with Crippen LogP contribution < -0.4 is 4.74 Å². The number of rotatable bonds is 4. The fourth-order valence-corrected chi connectivity index (χ4v) is 1.99. The van der Waals surface area contributed by atoms with Gasteiger partial charge in [-0.15, -0.1) is 0 Å². The summed E-state index contributed by atoms with van der Waals surface area (Å²) in [7, 11) is 0. The molecule has 0 bridgehead atoms. The number of hydrogen-bond donors (Lipinski definition) is 1. The summed E-state index contributed by atoms with van der Waals surface area (Å²) in [6, 6.07) is 15.1. The van der Waals surface area contributed by atoms with Crippen LogP contribution in [0, 0.1) is 18.3 Å². The standard InChI is InChI=1S/C17H16N2O2/c1-12-6-7-16(13(2)19-20)17(8-12)21-11-15-5-3-4-14(9-15)10-18/h3-9,20H,11H2,1-2H3. The van der Waals surface area contributed by atoms with E-state index in [1.54, 1.807) is 19.1 Å². The molecule has 0 heterocycles. The molecule has 0 aliphatic carbocycles. The van der Waals surface area contributed by atoms with Crippen LogP contribution in [0.3, 0.4) is 0 Å². The Morgan fingerprint density at radius 3 is 2.81 bits per heavy atom. The first-order valence-electron chi connectivity index (χ1n) is 6.55. The molecular weight excluding hydrogens is 264 g/mol. The Bertz CT molecular complexity index is 715. The number of benzene rings is 2. The van der Waals surface area contributed by atoms with Crippen molar-refractivity contribution in [2.45, 2.75) is 20.5 Å². The van der Waals surface area contributed by atoms with E-state index in [1.807, 2.05) is 37.3 Å². The van der Waals surface area contributed by atoms with Crippen molar-refractivity contribution in [3.63, 3.8) is 0 Å². The Labute approximate surface area is 123 Å². The number of nitriles is 1. The molecule has 0 saturated heterocycles. The van der Waals surface area contributed by atoms with Gasteiger partial charge in [-0.25, -0.2) is 0 Å². The maximum Gasteiger partial charge on any atom is 0.129 e. The molecule has 0 aromatic heterocycles. The van der Waals surface area contributed by atoms with Crippen LogP contribution >= 0.6 is 0 Å². The zero-order valence-corrected chi connectivity index (χ0v) is 12.0.